The van der Waals surface area contributed by atoms with Gasteiger partial charge in [-0.25, -0.2) is 0 Å². The zero-order valence-electron chi connectivity index (χ0n) is 9.19. The van der Waals surface area contributed by atoms with Crippen molar-refractivity contribution < 1.29 is 0 Å². The fourth-order valence-electron chi connectivity index (χ4n) is 1.68. The first-order valence-corrected chi connectivity index (χ1v) is 5.45. The third-order valence-corrected chi connectivity index (χ3v) is 2.50. The lowest BCUT2D eigenvalue weighted by molar-refractivity contribution is 0.732. The monoisotopic (exact) mass is 188 g/mol. The normalized spacial score (nSPS) is 27.6. The Balaban J connectivity index is 0.000000140. The van der Waals surface area contributed by atoms with Gasteiger partial charge < -0.3 is 0 Å². The van der Waals surface area contributed by atoms with E-state index in [-0.39, 0.29) is 0 Å². The van der Waals surface area contributed by atoms with Crippen molar-refractivity contribution in [2.45, 2.75) is 26.7 Å². The van der Waals surface area contributed by atoms with E-state index in [1.54, 1.807) is 0 Å². The summed E-state index contributed by atoms with van der Waals surface area (Å²) >= 11 is 0. The molecule has 0 heteroatoms. The molecule has 0 fully saturated rings. The maximum absolute atomic E-state index is 2.30. The molecule has 0 spiro atoms. The average Bonchev–Trinajstić information content (AvgIpc) is 2.83. The molecule has 0 amide bonds. The first-order valence-electron chi connectivity index (χ1n) is 5.45. The second-order valence-electron chi connectivity index (χ2n) is 3.71. The van der Waals surface area contributed by atoms with Crippen LogP contribution < -0.4 is 0 Å². The molecule has 2 rings (SSSR count). The largest absolute Gasteiger partial charge is 0.0914 e. The summed E-state index contributed by atoms with van der Waals surface area (Å²) in [5, 5.41) is 0. The number of fused-ring (bicyclic) bond motifs is 2. The van der Waals surface area contributed by atoms with Crippen molar-refractivity contribution in [3.8, 4) is 0 Å². The molecule has 2 aliphatic rings. The molecule has 0 saturated heterocycles. The smallest absolute Gasteiger partial charge is 0.00445 e. The maximum atomic E-state index is 2.30. The third-order valence-electron chi connectivity index (χ3n) is 2.50. The standard InChI is InChI=1S/C7H8.C7H12/c1-2-7-4-3-6(1)5-7;1-3-5-7-6-4-2/h1-4,6-7H,5H2;3-6H,7H2,1-2H3. The first-order chi connectivity index (χ1) is 6.86. The van der Waals surface area contributed by atoms with Gasteiger partial charge >= 0.3 is 0 Å². The quantitative estimate of drug-likeness (QED) is 0.567. The van der Waals surface area contributed by atoms with Crippen LogP contribution in [-0.2, 0) is 0 Å². The number of allylic oxidation sites excluding steroid dienone is 8. The van der Waals surface area contributed by atoms with E-state index in [1.165, 1.54) is 6.42 Å². The van der Waals surface area contributed by atoms with Crippen molar-refractivity contribution >= 4 is 0 Å². The van der Waals surface area contributed by atoms with Gasteiger partial charge in [-0.15, -0.1) is 0 Å². The summed E-state index contributed by atoms with van der Waals surface area (Å²) in [5.74, 6) is 1.62. The molecule has 14 heavy (non-hydrogen) atoms. The molecule has 0 aromatic heterocycles. The Bertz CT molecular complexity index is 215. The summed E-state index contributed by atoms with van der Waals surface area (Å²) in [7, 11) is 0. The topological polar surface area (TPSA) is 0 Å². The molecule has 0 aliphatic heterocycles. The number of rotatable bonds is 2. The van der Waals surface area contributed by atoms with Crippen LogP contribution in [-0.4, -0.2) is 0 Å². The van der Waals surface area contributed by atoms with Crippen LogP contribution in [0.3, 0.4) is 0 Å². The predicted molar refractivity (Wildman–Crippen MR) is 64.1 cm³/mol. The van der Waals surface area contributed by atoms with Crippen molar-refractivity contribution in [1.29, 1.82) is 0 Å². The van der Waals surface area contributed by atoms with Crippen molar-refractivity contribution in [3.05, 3.63) is 48.6 Å². The Morgan fingerprint density at radius 1 is 0.929 bits per heavy atom. The van der Waals surface area contributed by atoms with Gasteiger partial charge in [-0.2, -0.15) is 0 Å². The molecule has 0 atom stereocenters. The molecule has 0 radical (unpaired) electrons. The molecule has 2 aliphatic carbocycles. The average molecular weight is 188 g/mol. The second kappa shape index (κ2) is 6.42. The lowest BCUT2D eigenvalue weighted by Gasteiger charge is -1.88. The first kappa shape index (κ1) is 11.0. The summed E-state index contributed by atoms with van der Waals surface area (Å²) in [4.78, 5) is 0. The van der Waals surface area contributed by atoms with Gasteiger partial charge in [-0.3, -0.25) is 0 Å². The minimum absolute atomic E-state index is 0.810. The van der Waals surface area contributed by atoms with E-state index in [0.717, 1.165) is 18.3 Å². The Morgan fingerprint density at radius 3 is 1.57 bits per heavy atom. The summed E-state index contributed by atoms with van der Waals surface area (Å²) in [6.45, 7) is 4.06. The van der Waals surface area contributed by atoms with Crippen LogP contribution in [0.5, 0.6) is 0 Å². The molecule has 2 bridgehead atoms. The molecule has 0 unspecified atom stereocenters. The van der Waals surface area contributed by atoms with Crippen LogP contribution in [0, 0.1) is 11.8 Å². The minimum atomic E-state index is 0.810. The molecule has 0 nitrogen and oxygen atoms in total. The third kappa shape index (κ3) is 3.78. The molecule has 0 heterocycles. The van der Waals surface area contributed by atoms with Gasteiger partial charge in [0.15, 0.2) is 0 Å². The predicted octanol–water partition coefficient (Wildman–Crippen LogP) is 4.28. The fraction of sp³-hybridized carbons (Fsp3) is 0.429. The van der Waals surface area contributed by atoms with E-state index in [4.69, 9.17) is 0 Å². The van der Waals surface area contributed by atoms with E-state index in [0.29, 0.717) is 0 Å². The van der Waals surface area contributed by atoms with Crippen LogP contribution in [0.4, 0.5) is 0 Å². The van der Waals surface area contributed by atoms with E-state index >= 15 is 0 Å². The summed E-state index contributed by atoms with van der Waals surface area (Å²) < 4.78 is 0. The van der Waals surface area contributed by atoms with E-state index in [2.05, 4.69) is 48.6 Å². The van der Waals surface area contributed by atoms with Crippen molar-refractivity contribution in [2.24, 2.45) is 11.8 Å². The molecule has 76 valence electrons. The van der Waals surface area contributed by atoms with Crippen LogP contribution in [0.15, 0.2) is 48.6 Å². The molecular weight excluding hydrogens is 168 g/mol. The van der Waals surface area contributed by atoms with Gasteiger partial charge in [-0.05, 0) is 38.5 Å². The highest BCUT2D eigenvalue weighted by atomic mass is 14.2. The van der Waals surface area contributed by atoms with Crippen molar-refractivity contribution in [2.75, 3.05) is 0 Å². The molecule has 0 saturated carbocycles. The molecule has 0 aromatic carbocycles. The SMILES string of the molecule is C1=CC2C=CC1C2.CC=CCC=CC. The lowest BCUT2D eigenvalue weighted by Crippen LogP contribution is -1.79. The minimum Gasteiger partial charge on any atom is -0.0914 e. The Morgan fingerprint density at radius 2 is 1.36 bits per heavy atom. The zero-order chi connectivity index (χ0) is 10.2. The second-order valence-corrected chi connectivity index (χ2v) is 3.71. The highest BCUT2D eigenvalue weighted by molar-refractivity contribution is 5.21. The summed E-state index contributed by atoms with van der Waals surface area (Å²) in [6, 6.07) is 0. The summed E-state index contributed by atoms with van der Waals surface area (Å²) in [5.41, 5.74) is 0. The van der Waals surface area contributed by atoms with Gasteiger partial charge in [0.25, 0.3) is 0 Å². The van der Waals surface area contributed by atoms with Gasteiger partial charge in [-0.1, -0.05) is 48.6 Å². The fourth-order valence-corrected chi connectivity index (χ4v) is 1.68. The molecular formula is C14H20. The lowest BCUT2D eigenvalue weighted by atomic mass is 10.2. The van der Waals surface area contributed by atoms with Gasteiger partial charge in [0.1, 0.15) is 0 Å². The highest BCUT2D eigenvalue weighted by Gasteiger charge is 2.19. The van der Waals surface area contributed by atoms with Gasteiger partial charge in [0.2, 0.25) is 0 Å². The van der Waals surface area contributed by atoms with Gasteiger partial charge in [0.05, 0.1) is 0 Å². The van der Waals surface area contributed by atoms with Crippen molar-refractivity contribution in [3.63, 3.8) is 0 Å². The summed E-state index contributed by atoms with van der Waals surface area (Å²) in [6.07, 6.45) is 20.0. The van der Waals surface area contributed by atoms with Crippen molar-refractivity contribution in [1.82, 2.24) is 0 Å². The van der Waals surface area contributed by atoms with E-state index in [1.807, 2.05) is 13.8 Å². The number of hydrogen-bond acceptors (Lipinski definition) is 0. The van der Waals surface area contributed by atoms with Crippen LogP contribution in [0.2, 0.25) is 0 Å². The van der Waals surface area contributed by atoms with E-state index in [9.17, 15) is 0 Å². The van der Waals surface area contributed by atoms with Crippen LogP contribution in [0.1, 0.15) is 26.7 Å². The van der Waals surface area contributed by atoms with Crippen LogP contribution >= 0.6 is 0 Å². The van der Waals surface area contributed by atoms with Gasteiger partial charge in [0, 0.05) is 0 Å². The Kier molecular flexibility index (Phi) is 5.06. The van der Waals surface area contributed by atoms with E-state index < -0.39 is 0 Å². The molecule has 0 N–H and O–H groups in total. The zero-order valence-corrected chi connectivity index (χ0v) is 9.19. The molecule has 0 aromatic rings. The Labute approximate surface area is 87.7 Å². The maximum Gasteiger partial charge on any atom is -0.00445 e. The Hall–Kier alpha value is -1.04. The van der Waals surface area contributed by atoms with Crippen LogP contribution in [0.25, 0.3) is 0 Å². The highest BCUT2D eigenvalue weighted by Crippen LogP contribution is 2.31. The number of hydrogen-bond donors (Lipinski definition) is 0.